The molecule has 120 valence electrons. The summed E-state index contributed by atoms with van der Waals surface area (Å²) in [6.45, 7) is 5.78. The molecular formula is C16H22BrN3OS. The first-order chi connectivity index (χ1) is 10.6. The number of carbonyl (C=O) groups excluding carboxylic acids is 1. The maximum absolute atomic E-state index is 11.2. The van der Waals surface area contributed by atoms with Crippen LogP contribution in [0, 0.1) is 13.8 Å². The van der Waals surface area contributed by atoms with Crippen LogP contribution in [0.4, 0.5) is 5.69 Å². The molecule has 1 atom stereocenters. The molecule has 0 aliphatic carbocycles. The number of hydrogen-bond acceptors (Lipinski definition) is 4. The summed E-state index contributed by atoms with van der Waals surface area (Å²) in [6.07, 6.45) is 2.03. The molecule has 0 saturated heterocycles. The maximum Gasteiger partial charge on any atom is 0.230 e. The van der Waals surface area contributed by atoms with Crippen LogP contribution in [-0.4, -0.2) is 34.7 Å². The van der Waals surface area contributed by atoms with Gasteiger partial charge in [-0.1, -0.05) is 45.9 Å². The normalized spacial score (nSPS) is 17.8. The number of nitrogens with zero attached hydrogens (tertiary/aromatic N) is 1. The van der Waals surface area contributed by atoms with E-state index < -0.39 is 0 Å². The highest BCUT2D eigenvalue weighted by atomic mass is 79.9. The van der Waals surface area contributed by atoms with E-state index in [1.54, 1.807) is 11.8 Å². The molecule has 1 unspecified atom stereocenters. The van der Waals surface area contributed by atoms with Gasteiger partial charge >= 0.3 is 0 Å². The molecule has 1 aromatic rings. The van der Waals surface area contributed by atoms with Crippen LogP contribution < -0.4 is 10.6 Å². The summed E-state index contributed by atoms with van der Waals surface area (Å²) in [7, 11) is 0. The molecule has 22 heavy (non-hydrogen) atoms. The Morgan fingerprint density at radius 2 is 2.14 bits per heavy atom. The lowest BCUT2D eigenvalue weighted by atomic mass is 10.1. The molecule has 0 radical (unpaired) electrons. The van der Waals surface area contributed by atoms with E-state index in [1.165, 1.54) is 11.1 Å². The molecule has 1 aliphatic rings. The number of anilines is 1. The topological polar surface area (TPSA) is 53.5 Å². The van der Waals surface area contributed by atoms with E-state index in [1.807, 2.05) is 0 Å². The van der Waals surface area contributed by atoms with Crippen molar-refractivity contribution < 1.29 is 4.79 Å². The van der Waals surface area contributed by atoms with Gasteiger partial charge in [0.2, 0.25) is 5.91 Å². The summed E-state index contributed by atoms with van der Waals surface area (Å²) in [5, 5.41) is 8.23. The predicted octanol–water partition coefficient (Wildman–Crippen LogP) is 3.48. The fourth-order valence-electron chi connectivity index (χ4n) is 2.37. The number of nitrogens with one attached hydrogen (secondary N) is 2. The lowest BCUT2D eigenvalue weighted by Crippen LogP contribution is -2.29. The number of hydrogen-bond donors (Lipinski definition) is 2. The average Bonchev–Trinajstić information content (AvgIpc) is 2.51. The van der Waals surface area contributed by atoms with Crippen molar-refractivity contribution in [3.8, 4) is 0 Å². The molecule has 2 N–H and O–H groups in total. The second kappa shape index (κ2) is 8.58. The summed E-state index contributed by atoms with van der Waals surface area (Å²) < 4.78 is 0. The van der Waals surface area contributed by atoms with Crippen molar-refractivity contribution >= 4 is 44.5 Å². The van der Waals surface area contributed by atoms with Gasteiger partial charge in [-0.05, 0) is 37.8 Å². The summed E-state index contributed by atoms with van der Waals surface area (Å²) in [5.41, 5.74) is 3.62. The highest BCUT2D eigenvalue weighted by Gasteiger charge is 2.18. The van der Waals surface area contributed by atoms with Crippen LogP contribution in [0.25, 0.3) is 0 Å². The molecule has 2 rings (SSSR count). The molecule has 0 aromatic heterocycles. The monoisotopic (exact) mass is 383 g/mol. The Morgan fingerprint density at radius 1 is 1.41 bits per heavy atom. The van der Waals surface area contributed by atoms with E-state index in [4.69, 9.17) is 0 Å². The molecule has 0 saturated carbocycles. The van der Waals surface area contributed by atoms with Crippen molar-refractivity contribution in [3.05, 3.63) is 29.3 Å². The average molecular weight is 384 g/mol. The highest BCUT2D eigenvalue weighted by molar-refractivity contribution is 9.09. The van der Waals surface area contributed by atoms with Crippen molar-refractivity contribution in [2.75, 3.05) is 23.7 Å². The summed E-state index contributed by atoms with van der Waals surface area (Å²) in [4.78, 5) is 15.8. The molecule has 0 spiro atoms. The Hall–Kier alpha value is -1.01. The second-order valence-corrected chi connectivity index (χ2v) is 7.23. The minimum atomic E-state index is 0.0448. The molecule has 1 amide bonds. The Labute approximate surface area is 144 Å². The molecule has 1 aromatic carbocycles. The number of amidine groups is 1. The molecule has 1 heterocycles. The summed E-state index contributed by atoms with van der Waals surface area (Å²) in [5.74, 6) is 0.0448. The van der Waals surface area contributed by atoms with E-state index in [9.17, 15) is 4.79 Å². The van der Waals surface area contributed by atoms with Gasteiger partial charge in [0, 0.05) is 24.0 Å². The quantitative estimate of drug-likeness (QED) is 0.765. The number of halogens is 1. The Bertz CT molecular complexity index is 542. The fraction of sp³-hybridized carbons (Fsp3) is 0.500. The number of alkyl halides is 1. The predicted molar refractivity (Wildman–Crippen MR) is 99.3 cm³/mol. The third-order valence-corrected chi connectivity index (χ3v) is 5.38. The van der Waals surface area contributed by atoms with E-state index in [2.05, 4.69) is 63.6 Å². The Kier molecular flexibility index (Phi) is 6.76. The van der Waals surface area contributed by atoms with Gasteiger partial charge in [0.25, 0.3) is 0 Å². The molecular weight excluding hydrogens is 362 g/mol. The van der Waals surface area contributed by atoms with Gasteiger partial charge in [-0.3, -0.25) is 9.79 Å². The van der Waals surface area contributed by atoms with Crippen LogP contribution in [0.3, 0.4) is 0 Å². The molecule has 0 bridgehead atoms. The van der Waals surface area contributed by atoms with E-state index in [0.717, 1.165) is 36.8 Å². The van der Waals surface area contributed by atoms with Gasteiger partial charge < -0.3 is 10.6 Å². The van der Waals surface area contributed by atoms with Crippen molar-refractivity contribution in [2.45, 2.75) is 31.9 Å². The van der Waals surface area contributed by atoms with Gasteiger partial charge in [0.15, 0.2) is 5.17 Å². The number of benzene rings is 1. The lowest BCUT2D eigenvalue weighted by molar-refractivity contribution is -0.118. The number of aliphatic imine (C=N–C) groups is 1. The zero-order valence-corrected chi connectivity index (χ0v) is 15.4. The summed E-state index contributed by atoms with van der Waals surface area (Å²) >= 11 is 4.93. The SMILES string of the molecule is Cc1cccc(C)c1NC1=NCCC(CCNC(=O)CBr)S1. The first-order valence-electron chi connectivity index (χ1n) is 7.47. The van der Waals surface area contributed by atoms with Crippen LogP contribution in [0.2, 0.25) is 0 Å². The molecule has 4 nitrogen and oxygen atoms in total. The summed E-state index contributed by atoms with van der Waals surface area (Å²) in [6, 6.07) is 6.29. The van der Waals surface area contributed by atoms with Gasteiger partial charge in [-0.2, -0.15) is 0 Å². The zero-order valence-electron chi connectivity index (χ0n) is 13.0. The molecule has 6 heteroatoms. The van der Waals surface area contributed by atoms with Crippen LogP contribution in [-0.2, 0) is 4.79 Å². The van der Waals surface area contributed by atoms with Crippen molar-refractivity contribution in [3.63, 3.8) is 0 Å². The number of rotatable bonds is 5. The van der Waals surface area contributed by atoms with Crippen LogP contribution in [0.1, 0.15) is 24.0 Å². The number of amides is 1. The lowest BCUT2D eigenvalue weighted by Gasteiger charge is -2.23. The largest absolute Gasteiger partial charge is 0.355 e. The maximum atomic E-state index is 11.2. The van der Waals surface area contributed by atoms with Crippen LogP contribution in [0.15, 0.2) is 23.2 Å². The Balaban J connectivity index is 1.88. The molecule has 1 aliphatic heterocycles. The standard InChI is InChI=1S/C16H22BrN3OS/c1-11-4-3-5-12(2)15(11)20-16-19-9-7-13(22-16)6-8-18-14(21)10-17/h3-5,13H,6-10H2,1-2H3,(H,18,21)(H,19,20). The first kappa shape index (κ1) is 17.3. The minimum absolute atomic E-state index is 0.0448. The van der Waals surface area contributed by atoms with Gasteiger partial charge in [-0.25, -0.2) is 0 Å². The fourth-order valence-corrected chi connectivity index (χ4v) is 3.67. The number of thioether (sulfide) groups is 1. The molecule has 0 fully saturated rings. The number of aryl methyl sites for hydroxylation is 2. The second-order valence-electron chi connectivity index (χ2n) is 5.38. The van der Waals surface area contributed by atoms with Crippen LogP contribution >= 0.6 is 27.7 Å². The van der Waals surface area contributed by atoms with Gasteiger partial charge in [0.05, 0.1) is 5.33 Å². The smallest absolute Gasteiger partial charge is 0.230 e. The van der Waals surface area contributed by atoms with E-state index in [0.29, 0.717) is 10.6 Å². The minimum Gasteiger partial charge on any atom is -0.355 e. The Morgan fingerprint density at radius 3 is 2.82 bits per heavy atom. The first-order valence-corrected chi connectivity index (χ1v) is 9.47. The van der Waals surface area contributed by atoms with Crippen molar-refractivity contribution in [1.29, 1.82) is 0 Å². The van der Waals surface area contributed by atoms with E-state index in [-0.39, 0.29) is 5.91 Å². The van der Waals surface area contributed by atoms with E-state index >= 15 is 0 Å². The van der Waals surface area contributed by atoms with Crippen LogP contribution in [0.5, 0.6) is 0 Å². The third-order valence-electron chi connectivity index (χ3n) is 3.61. The number of carbonyl (C=O) groups is 1. The van der Waals surface area contributed by atoms with Gasteiger partial charge in [-0.15, -0.1) is 0 Å². The number of para-hydroxylation sites is 1. The third kappa shape index (κ3) is 5.02. The van der Waals surface area contributed by atoms with Gasteiger partial charge in [0.1, 0.15) is 0 Å². The zero-order chi connectivity index (χ0) is 15.9. The highest BCUT2D eigenvalue weighted by Crippen LogP contribution is 2.27. The van der Waals surface area contributed by atoms with Crippen molar-refractivity contribution in [1.82, 2.24) is 5.32 Å². The van der Waals surface area contributed by atoms with Crippen molar-refractivity contribution in [2.24, 2.45) is 4.99 Å².